The molecule has 7 heteroatoms. The minimum absolute atomic E-state index is 0.0569. The first-order valence-electron chi connectivity index (χ1n) is 8.27. The fraction of sp³-hybridized carbons (Fsp3) is 0.389. The average molecular weight is 379 g/mol. The van der Waals surface area contributed by atoms with E-state index in [2.05, 4.69) is 11.4 Å². The summed E-state index contributed by atoms with van der Waals surface area (Å²) in [6, 6.07) is 9.01. The molecule has 0 spiro atoms. The highest BCUT2D eigenvalue weighted by molar-refractivity contribution is 7.93. The minimum atomic E-state index is -3.19. The molecule has 1 amide bonds. The van der Waals surface area contributed by atoms with Gasteiger partial charge >= 0.3 is 0 Å². The number of anilines is 1. The Morgan fingerprint density at radius 3 is 2.56 bits per heavy atom. The number of carbonyl (C=O) groups is 1. The van der Waals surface area contributed by atoms with E-state index in [4.69, 9.17) is 0 Å². The molecule has 1 unspecified atom stereocenters. The summed E-state index contributed by atoms with van der Waals surface area (Å²) in [6.07, 6.45) is 1.46. The zero-order valence-corrected chi connectivity index (χ0v) is 16.0. The van der Waals surface area contributed by atoms with Gasteiger partial charge < -0.3 is 4.90 Å². The average Bonchev–Trinajstić information content (AvgIpc) is 3.22. The summed E-state index contributed by atoms with van der Waals surface area (Å²) in [6.45, 7) is 2.54. The van der Waals surface area contributed by atoms with Crippen molar-refractivity contribution in [3.05, 3.63) is 52.2 Å². The van der Waals surface area contributed by atoms with E-state index in [1.807, 2.05) is 12.3 Å². The van der Waals surface area contributed by atoms with Crippen molar-refractivity contribution in [2.75, 3.05) is 23.7 Å². The fourth-order valence-electron chi connectivity index (χ4n) is 2.99. The topological polar surface area (TPSA) is 57.7 Å². The van der Waals surface area contributed by atoms with Crippen LogP contribution in [0.15, 0.2) is 41.1 Å². The zero-order valence-electron chi connectivity index (χ0n) is 14.4. The summed E-state index contributed by atoms with van der Waals surface area (Å²) in [4.78, 5) is 14.4. The molecule has 0 N–H and O–H groups in total. The Morgan fingerprint density at radius 2 is 2.00 bits per heavy atom. The lowest BCUT2D eigenvalue weighted by atomic mass is 10.1. The lowest BCUT2D eigenvalue weighted by Crippen LogP contribution is -2.36. The van der Waals surface area contributed by atoms with Gasteiger partial charge in [-0.2, -0.15) is 11.3 Å². The highest BCUT2D eigenvalue weighted by Gasteiger charge is 2.28. The van der Waals surface area contributed by atoms with Crippen LogP contribution in [0, 0.1) is 0 Å². The Labute approximate surface area is 152 Å². The van der Waals surface area contributed by atoms with E-state index in [1.165, 1.54) is 9.87 Å². The van der Waals surface area contributed by atoms with Crippen LogP contribution in [0.3, 0.4) is 0 Å². The summed E-state index contributed by atoms with van der Waals surface area (Å²) >= 11 is 1.65. The van der Waals surface area contributed by atoms with Gasteiger partial charge in [0.2, 0.25) is 10.0 Å². The second kappa shape index (κ2) is 7.17. The van der Waals surface area contributed by atoms with Crippen molar-refractivity contribution < 1.29 is 13.2 Å². The van der Waals surface area contributed by atoms with E-state index in [0.717, 1.165) is 6.42 Å². The van der Waals surface area contributed by atoms with Crippen LogP contribution in [-0.4, -0.2) is 44.6 Å². The Hall–Kier alpha value is -1.86. The van der Waals surface area contributed by atoms with Gasteiger partial charge in [-0.3, -0.25) is 9.10 Å². The van der Waals surface area contributed by atoms with E-state index >= 15 is 0 Å². The van der Waals surface area contributed by atoms with Crippen molar-refractivity contribution >= 4 is 33.0 Å². The molecular formula is C18H22N2O3S2. The van der Waals surface area contributed by atoms with E-state index < -0.39 is 10.0 Å². The number of thiophene rings is 1. The van der Waals surface area contributed by atoms with E-state index in [-0.39, 0.29) is 17.7 Å². The van der Waals surface area contributed by atoms with Gasteiger partial charge in [-0.15, -0.1) is 0 Å². The lowest BCUT2D eigenvalue weighted by Gasteiger charge is -2.25. The molecule has 0 saturated carbocycles. The molecule has 0 radical (unpaired) electrons. The third-order valence-electron chi connectivity index (χ3n) is 4.59. The van der Waals surface area contributed by atoms with Crippen LogP contribution >= 0.6 is 11.3 Å². The van der Waals surface area contributed by atoms with E-state index in [1.54, 1.807) is 47.5 Å². The molecule has 2 heterocycles. The number of hydrogen-bond acceptors (Lipinski definition) is 4. The van der Waals surface area contributed by atoms with Crippen LogP contribution in [0.25, 0.3) is 0 Å². The first-order valence-corrected chi connectivity index (χ1v) is 10.8. The van der Waals surface area contributed by atoms with Crippen molar-refractivity contribution in [2.24, 2.45) is 0 Å². The molecule has 1 atom stereocenters. The molecule has 2 aromatic rings. The molecule has 0 aliphatic carbocycles. The number of carbonyl (C=O) groups excluding carboxylic acids is 1. The second-order valence-electron chi connectivity index (χ2n) is 6.39. The normalized spacial score (nSPS) is 17.4. The maximum atomic E-state index is 12.7. The summed E-state index contributed by atoms with van der Waals surface area (Å²) in [5.41, 5.74) is 2.43. The summed E-state index contributed by atoms with van der Waals surface area (Å²) < 4.78 is 25.4. The van der Waals surface area contributed by atoms with Gasteiger partial charge in [0.05, 0.1) is 11.4 Å². The molecule has 0 bridgehead atoms. The van der Waals surface area contributed by atoms with Gasteiger partial charge in [-0.1, -0.05) is 0 Å². The van der Waals surface area contributed by atoms with Crippen LogP contribution < -0.4 is 4.31 Å². The van der Waals surface area contributed by atoms with E-state index in [0.29, 0.717) is 24.2 Å². The van der Waals surface area contributed by atoms with Crippen LogP contribution in [-0.2, 0) is 16.4 Å². The van der Waals surface area contributed by atoms with Crippen LogP contribution in [0.2, 0.25) is 0 Å². The smallest absolute Gasteiger partial charge is 0.253 e. The van der Waals surface area contributed by atoms with Crippen LogP contribution in [0.5, 0.6) is 0 Å². The molecule has 1 aliphatic heterocycles. The second-order valence-corrected chi connectivity index (χ2v) is 9.18. The molecule has 1 aromatic heterocycles. The highest BCUT2D eigenvalue weighted by Crippen LogP contribution is 2.24. The SMILES string of the molecule is CC(Cc1ccsc1)N(C)C(=O)c1ccc(N2CCCS2(=O)=O)cc1. The highest BCUT2D eigenvalue weighted by atomic mass is 32.2. The summed E-state index contributed by atoms with van der Waals surface area (Å²) in [5, 5.41) is 4.13. The van der Waals surface area contributed by atoms with Crippen molar-refractivity contribution in [1.82, 2.24) is 4.90 Å². The number of benzene rings is 1. The number of hydrogen-bond donors (Lipinski definition) is 0. The number of sulfonamides is 1. The number of amides is 1. The van der Waals surface area contributed by atoms with Gasteiger partial charge in [-0.05, 0) is 66.4 Å². The molecular weight excluding hydrogens is 356 g/mol. The predicted octanol–water partition coefficient (Wildman–Crippen LogP) is 2.99. The maximum Gasteiger partial charge on any atom is 0.253 e. The monoisotopic (exact) mass is 378 g/mol. The van der Waals surface area contributed by atoms with Crippen molar-refractivity contribution in [2.45, 2.75) is 25.8 Å². The third kappa shape index (κ3) is 3.88. The lowest BCUT2D eigenvalue weighted by molar-refractivity contribution is 0.0743. The Morgan fingerprint density at radius 1 is 1.28 bits per heavy atom. The predicted molar refractivity (Wildman–Crippen MR) is 102 cm³/mol. The fourth-order valence-corrected chi connectivity index (χ4v) is 5.24. The standard InChI is InChI=1S/C18H22N2O3S2/c1-14(12-15-8-10-24-13-15)19(2)18(21)16-4-6-17(7-5-16)20-9-3-11-25(20,22)23/h4-8,10,13-14H,3,9,11-12H2,1-2H3. The molecule has 3 rings (SSSR count). The van der Waals surface area contributed by atoms with E-state index in [9.17, 15) is 13.2 Å². The van der Waals surface area contributed by atoms with Crippen molar-refractivity contribution in [1.29, 1.82) is 0 Å². The molecule has 5 nitrogen and oxygen atoms in total. The number of likely N-dealkylation sites (N-methyl/N-ethyl adjacent to an activating group) is 1. The Balaban J connectivity index is 1.70. The van der Waals surface area contributed by atoms with Crippen LogP contribution in [0.4, 0.5) is 5.69 Å². The maximum absolute atomic E-state index is 12.7. The van der Waals surface area contributed by atoms with Gasteiger partial charge in [0.25, 0.3) is 5.91 Å². The van der Waals surface area contributed by atoms with Gasteiger partial charge in [-0.25, -0.2) is 8.42 Å². The first kappa shape index (κ1) is 17.9. The Bertz CT molecular complexity index is 830. The first-order chi connectivity index (χ1) is 11.9. The zero-order chi connectivity index (χ0) is 18.0. The van der Waals surface area contributed by atoms with Gasteiger partial charge in [0.1, 0.15) is 0 Å². The molecule has 1 saturated heterocycles. The van der Waals surface area contributed by atoms with Gasteiger partial charge in [0, 0.05) is 25.2 Å². The van der Waals surface area contributed by atoms with Crippen molar-refractivity contribution in [3.8, 4) is 0 Å². The molecule has 1 aromatic carbocycles. The molecule has 1 fully saturated rings. The number of rotatable bonds is 5. The third-order valence-corrected chi connectivity index (χ3v) is 7.20. The van der Waals surface area contributed by atoms with Crippen molar-refractivity contribution in [3.63, 3.8) is 0 Å². The molecule has 1 aliphatic rings. The molecule has 134 valence electrons. The largest absolute Gasteiger partial charge is 0.339 e. The minimum Gasteiger partial charge on any atom is -0.339 e. The summed E-state index contributed by atoms with van der Waals surface area (Å²) in [5.74, 6) is 0.134. The summed E-state index contributed by atoms with van der Waals surface area (Å²) in [7, 11) is -1.39. The number of nitrogens with zero attached hydrogens (tertiary/aromatic N) is 2. The van der Waals surface area contributed by atoms with Crippen LogP contribution in [0.1, 0.15) is 29.3 Å². The molecule has 25 heavy (non-hydrogen) atoms. The quantitative estimate of drug-likeness (QED) is 0.804. The van der Waals surface area contributed by atoms with Gasteiger partial charge in [0.15, 0.2) is 0 Å². The Kier molecular flexibility index (Phi) is 5.15.